The minimum absolute atomic E-state index is 0.776. The van der Waals surface area contributed by atoms with Gasteiger partial charge in [0.25, 0.3) is 0 Å². The Balaban J connectivity index is 1.69. The number of nitrogens with zero attached hydrogens (tertiary/aromatic N) is 1. The van der Waals surface area contributed by atoms with Gasteiger partial charge in [-0.1, -0.05) is 19.3 Å². The third-order valence-corrected chi connectivity index (χ3v) is 5.03. The number of thiol groups is 1. The number of rotatable bonds is 4. The molecule has 1 saturated carbocycles. The van der Waals surface area contributed by atoms with E-state index in [1.807, 2.05) is 0 Å². The zero-order valence-corrected chi connectivity index (χ0v) is 11.5. The fourth-order valence-corrected chi connectivity index (χ4v) is 3.72. The van der Waals surface area contributed by atoms with Crippen LogP contribution in [0.1, 0.15) is 57.8 Å². The molecule has 0 unspecified atom stereocenters. The summed E-state index contributed by atoms with van der Waals surface area (Å²) in [6.07, 6.45) is 13.1. The predicted octanol–water partition coefficient (Wildman–Crippen LogP) is 3.74. The van der Waals surface area contributed by atoms with Crippen LogP contribution in [0.2, 0.25) is 0 Å². The Morgan fingerprint density at radius 2 is 1.56 bits per heavy atom. The van der Waals surface area contributed by atoms with E-state index in [1.54, 1.807) is 0 Å². The van der Waals surface area contributed by atoms with E-state index in [-0.39, 0.29) is 0 Å². The molecular weight excluding hydrogens is 214 g/mol. The summed E-state index contributed by atoms with van der Waals surface area (Å²) in [6.45, 7) is 4.05. The molecule has 2 fully saturated rings. The van der Waals surface area contributed by atoms with Crippen molar-refractivity contribution in [3.05, 3.63) is 0 Å². The summed E-state index contributed by atoms with van der Waals surface area (Å²) in [6, 6.07) is 0. The maximum atomic E-state index is 4.28. The van der Waals surface area contributed by atoms with Crippen molar-refractivity contribution in [2.75, 3.05) is 25.4 Å². The van der Waals surface area contributed by atoms with E-state index in [0.717, 1.165) is 11.2 Å². The molecule has 16 heavy (non-hydrogen) atoms. The second kappa shape index (κ2) is 6.30. The normalized spacial score (nSPS) is 26.1. The van der Waals surface area contributed by atoms with Crippen LogP contribution in [0.25, 0.3) is 0 Å². The first-order chi connectivity index (χ1) is 7.85. The smallest absolute Gasteiger partial charge is 0.00134 e. The average Bonchev–Trinajstić information content (AvgIpc) is 2.33. The van der Waals surface area contributed by atoms with Crippen LogP contribution in [0, 0.1) is 5.41 Å². The van der Waals surface area contributed by atoms with Crippen LogP contribution in [0.5, 0.6) is 0 Å². The number of piperidine rings is 1. The van der Waals surface area contributed by atoms with Gasteiger partial charge in [0.05, 0.1) is 0 Å². The Kier molecular flexibility index (Phi) is 5.02. The Labute approximate surface area is 106 Å². The lowest BCUT2D eigenvalue weighted by Crippen LogP contribution is -2.41. The molecule has 2 rings (SSSR count). The third-order valence-electron chi connectivity index (χ3n) is 4.71. The molecule has 1 heterocycles. The van der Waals surface area contributed by atoms with Crippen LogP contribution in [-0.4, -0.2) is 30.3 Å². The summed E-state index contributed by atoms with van der Waals surface area (Å²) >= 11 is 4.28. The van der Waals surface area contributed by atoms with Crippen molar-refractivity contribution < 1.29 is 0 Å². The topological polar surface area (TPSA) is 3.24 Å². The summed E-state index contributed by atoms with van der Waals surface area (Å²) in [5, 5.41) is 0. The van der Waals surface area contributed by atoms with Crippen molar-refractivity contribution in [1.29, 1.82) is 0 Å². The minimum atomic E-state index is 0.776. The van der Waals surface area contributed by atoms with Crippen molar-refractivity contribution in [2.45, 2.75) is 57.8 Å². The number of hydrogen-bond acceptors (Lipinski definition) is 2. The monoisotopic (exact) mass is 241 g/mol. The maximum absolute atomic E-state index is 4.28. The number of hydrogen-bond donors (Lipinski definition) is 1. The average molecular weight is 241 g/mol. The standard InChI is InChI=1S/C14H27NS/c16-13-5-4-10-15-11-8-14(9-12-15)6-2-1-3-7-14/h16H,1-13H2. The summed E-state index contributed by atoms with van der Waals surface area (Å²) in [7, 11) is 0. The van der Waals surface area contributed by atoms with Gasteiger partial charge < -0.3 is 4.90 Å². The van der Waals surface area contributed by atoms with Gasteiger partial charge in [-0.25, -0.2) is 0 Å². The molecule has 0 aromatic carbocycles. The molecule has 1 saturated heterocycles. The lowest BCUT2D eigenvalue weighted by atomic mass is 9.68. The van der Waals surface area contributed by atoms with E-state index in [1.165, 1.54) is 77.4 Å². The first kappa shape index (κ1) is 12.8. The summed E-state index contributed by atoms with van der Waals surface area (Å²) in [5.41, 5.74) is 0.776. The Morgan fingerprint density at radius 3 is 2.19 bits per heavy atom. The first-order valence-electron chi connectivity index (χ1n) is 7.18. The molecule has 0 bridgehead atoms. The Hall–Kier alpha value is 0.310. The Morgan fingerprint density at radius 1 is 0.875 bits per heavy atom. The van der Waals surface area contributed by atoms with Gasteiger partial charge in [0.15, 0.2) is 0 Å². The van der Waals surface area contributed by atoms with Gasteiger partial charge in [0.1, 0.15) is 0 Å². The van der Waals surface area contributed by atoms with Gasteiger partial charge in [-0.15, -0.1) is 0 Å². The lowest BCUT2D eigenvalue weighted by Gasteiger charge is -2.44. The fraction of sp³-hybridized carbons (Fsp3) is 1.00. The van der Waals surface area contributed by atoms with E-state index in [0.29, 0.717) is 0 Å². The van der Waals surface area contributed by atoms with E-state index in [2.05, 4.69) is 17.5 Å². The molecule has 1 spiro atoms. The van der Waals surface area contributed by atoms with Crippen molar-refractivity contribution in [2.24, 2.45) is 5.41 Å². The zero-order chi connectivity index (χ0) is 11.3. The zero-order valence-electron chi connectivity index (χ0n) is 10.6. The Bertz CT molecular complexity index is 189. The lowest BCUT2D eigenvalue weighted by molar-refractivity contribution is 0.0673. The van der Waals surface area contributed by atoms with Gasteiger partial charge in [0.2, 0.25) is 0 Å². The van der Waals surface area contributed by atoms with Crippen LogP contribution >= 0.6 is 12.6 Å². The largest absolute Gasteiger partial charge is 0.303 e. The summed E-state index contributed by atoms with van der Waals surface area (Å²) in [5.74, 6) is 1.05. The molecule has 94 valence electrons. The summed E-state index contributed by atoms with van der Waals surface area (Å²) in [4.78, 5) is 2.68. The van der Waals surface area contributed by atoms with Crippen molar-refractivity contribution in [3.63, 3.8) is 0 Å². The van der Waals surface area contributed by atoms with Gasteiger partial charge >= 0.3 is 0 Å². The van der Waals surface area contributed by atoms with Crippen molar-refractivity contribution >= 4 is 12.6 Å². The van der Waals surface area contributed by atoms with Crippen LogP contribution < -0.4 is 0 Å². The van der Waals surface area contributed by atoms with E-state index < -0.39 is 0 Å². The highest BCUT2D eigenvalue weighted by atomic mass is 32.1. The third kappa shape index (κ3) is 3.40. The highest BCUT2D eigenvalue weighted by molar-refractivity contribution is 7.80. The van der Waals surface area contributed by atoms with Crippen LogP contribution in [0.3, 0.4) is 0 Å². The molecule has 2 aliphatic rings. The second-order valence-electron chi connectivity index (χ2n) is 5.83. The van der Waals surface area contributed by atoms with Crippen molar-refractivity contribution in [1.82, 2.24) is 4.90 Å². The highest BCUT2D eigenvalue weighted by Gasteiger charge is 2.34. The van der Waals surface area contributed by atoms with Gasteiger partial charge in [0, 0.05) is 0 Å². The van der Waals surface area contributed by atoms with Gasteiger partial charge in [-0.05, 0) is 69.3 Å². The molecule has 0 aromatic heterocycles. The summed E-state index contributed by atoms with van der Waals surface area (Å²) < 4.78 is 0. The maximum Gasteiger partial charge on any atom is -0.00134 e. The highest BCUT2D eigenvalue weighted by Crippen LogP contribution is 2.44. The molecule has 1 nitrogen and oxygen atoms in total. The molecular formula is C14H27NS. The second-order valence-corrected chi connectivity index (χ2v) is 6.28. The first-order valence-corrected chi connectivity index (χ1v) is 7.81. The minimum Gasteiger partial charge on any atom is -0.303 e. The molecule has 2 heteroatoms. The van der Waals surface area contributed by atoms with E-state index in [9.17, 15) is 0 Å². The van der Waals surface area contributed by atoms with Gasteiger partial charge in [-0.2, -0.15) is 12.6 Å². The van der Waals surface area contributed by atoms with Crippen molar-refractivity contribution in [3.8, 4) is 0 Å². The quantitative estimate of drug-likeness (QED) is 0.579. The van der Waals surface area contributed by atoms with Gasteiger partial charge in [-0.3, -0.25) is 0 Å². The molecule has 0 N–H and O–H groups in total. The SMILES string of the molecule is SCCCCN1CCC2(CCCCC2)CC1. The molecule has 0 amide bonds. The molecule has 1 aliphatic heterocycles. The van der Waals surface area contributed by atoms with Crippen LogP contribution in [0.4, 0.5) is 0 Å². The van der Waals surface area contributed by atoms with E-state index >= 15 is 0 Å². The number of likely N-dealkylation sites (tertiary alicyclic amines) is 1. The number of unbranched alkanes of at least 4 members (excludes halogenated alkanes) is 1. The van der Waals surface area contributed by atoms with Crippen LogP contribution in [0.15, 0.2) is 0 Å². The predicted molar refractivity (Wildman–Crippen MR) is 74.3 cm³/mol. The fourth-order valence-electron chi connectivity index (χ4n) is 3.50. The molecule has 0 radical (unpaired) electrons. The molecule has 0 aromatic rings. The molecule has 0 atom stereocenters. The molecule has 1 aliphatic carbocycles. The van der Waals surface area contributed by atoms with Crippen LogP contribution in [-0.2, 0) is 0 Å². The van der Waals surface area contributed by atoms with E-state index in [4.69, 9.17) is 0 Å².